The van der Waals surface area contributed by atoms with E-state index in [9.17, 15) is 14.9 Å². The van der Waals surface area contributed by atoms with Crippen molar-refractivity contribution in [2.45, 2.75) is 12.8 Å². The fourth-order valence-electron chi connectivity index (χ4n) is 2.21. The molecule has 2 aromatic rings. The van der Waals surface area contributed by atoms with Crippen LogP contribution in [0, 0.1) is 10.1 Å². The molecule has 0 fully saturated rings. The maximum atomic E-state index is 11.2. The Morgan fingerprint density at radius 1 is 1.23 bits per heavy atom. The quantitative estimate of drug-likeness (QED) is 0.453. The van der Waals surface area contributed by atoms with Gasteiger partial charge in [-0.1, -0.05) is 37.3 Å². The highest BCUT2D eigenvalue weighted by atomic mass is 35.5. The second-order valence-corrected chi connectivity index (χ2v) is 5.16. The molecule has 0 aliphatic heterocycles. The minimum absolute atomic E-state index is 0.00203. The predicted molar refractivity (Wildman–Crippen MR) is 84.1 cm³/mol. The number of hydrogen-bond acceptors (Lipinski definition) is 4. The molecule has 2 aromatic carbocycles. The highest BCUT2D eigenvalue weighted by Crippen LogP contribution is 2.31. The van der Waals surface area contributed by atoms with Crippen molar-refractivity contribution in [3.8, 4) is 11.1 Å². The molecule has 0 amide bonds. The Hall–Kier alpha value is -2.40. The second-order valence-electron chi connectivity index (χ2n) is 4.85. The second kappa shape index (κ2) is 7.04. The number of halogens is 1. The van der Waals surface area contributed by atoms with Crippen LogP contribution in [-0.4, -0.2) is 17.0 Å². The Labute approximate surface area is 132 Å². The van der Waals surface area contributed by atoms with Crippen LogP contribution in [0.5, 0.6) is 0 Å². The average Bonchev–Trinajstić information content (AvgIpc) is 2.52. The Kier molecular flexibility index (Phi) is 5.12. The number of nitro groups is 1. The molecule has 5 nitrogen and oxygen atoms in total. The van der Waals surface area contributed by atoms with E-state index in [1.54, 1.807) is 19.1 Å². The maximum absolute atomic E-state index is 11.2. The van der Waals surface area contributed by atoms with E-state index in [1.807, 2.05) is 30.3 Å². The molecule has 22 heavy (non-hydrogen) atoms. The van der Waals surface area contributed by atoms with Crippen LogP contribution in [0.25, 0.3) is 11.1 Å². The van der Waals surface area contributed by atoms with Crippen molar-refractivity contribution in [2.24, 2.45) is 0 Å². The highest BCUT2D eigenvalue weighted by Gasteiger charge is 2.21. The first-order valence-electron chi connectivity index (χ1n) is 6.65. The first-order valence-corrected chi connectivity index (χ1v) is 7.03. The zero-order valence-corrected chi connectivity index (χ0v) is 12.6. The summed E-state index contributed by atoms with van der Waals surface area (Å²) in [5.74, 6) is -0.341. The van der Waals surface area contributed by atoms with E-state index in [4.69, 9.17) is 16.3 Å². The van der Waals surface area contributed by atoms with E-state index in [0.717, 1.165) is 11.1 Å². The first-order chi connectivity index (χ1) is 10.5. The van der Waals surface area contributed by atoms with Gasteiger partial charge in [-0.15, -0.1) is 0 Å². The zero-order valence-electron chi connectivity index (χ0n) is 11.9. The number of nitrogens with zero attached hydrogens (tertiary/aromatic N) is 1. The summed E-state index contributed by atoms with van der Waals surface area (Å²) in [4.78, 5) is 21.4. The van der Waals surface area contributed by atoms with Crippen molar-refractivity contribution in [1.82, 2.24) is 0 Å². The van der Waals surface area contributed by atoms with Crippen LogP contribution in [-0.2, 0) is 4.74 Å². The minimum Gasteiger partial charge on any atom is -0.453 e. The van der Waals surface area contributed by atoms with Crippen LogP contribution < -0.4 is 0 Å². The summed E-state index contributed by atoms with van der Waals surface area (Å²) in [6, 6.07) is 14.5. The molecule has 0 spiro atoms. The molecular weight excluding hydrogens is 306 g/mol. The van der Waals surface area contributed by atoms with Gasteiger partial charge in [0.2, 0.25) is 0 Å². The zero-order chi connectivity index (χ0) is 16.1. The summed E-state index contributed by atoms with van der Waals surface area (Å²) < 4.78 is 4.74. The number of ether oxygens (including phenoxy) is 1. The van der Waals surface area contributed by atoms with Gasteiger partial charge in [-0.25, -0.2) is 4.79 Å². The van der Waals surface area contributed by atoms with Crippen LogP contribution in [0.15, 0.2) is 48.5 Å². The van der Waals surface area contributed by atoms with Crippen molar-refractivity contribution in [3.05, 3.63) is 64.2 Å². The summed E-state index contributed by atoms with van der Waals surface area (Å²) in [6.07, 6.45) is 0. The number of benzene rings is 2. The van der Waals surface area contributed by atoms with Gasteiger partial charge in [-0.3, -0.25) is 10.1 Å². The average molecular weight is 320 g/mol. The number of rotatable bonds is 5. The lowest BCUT2D eigenvalue weighted by Gasteiger charge is -2.13. The summed E-state index contributed by atoms with van der Waals surface area (Å²) in [7, 11) is 0. The topological polar surface area (TPSA) is 69.4 Å². The normalized spacial score (nSPS) is 11.7. The third-order valence-corrected chi connectivity index (χ3v) is 3.42. The molecule has 2 rings (SSSR count). The molecule has 1 unspecified atom stereocenters. The summed E-state index contributed by atoms with van der Waals surface area (Å²) in [6.45, 7) is 1.73. The molecule has 6 heteroatoms. The van der Waals surface area contributed by atoms with E-state index in [0.29, 0.717) is 5.56 Å². The fraction of sp³-hybridized carbons (Fsp3) is 0.188. The number of carbonyl (C=O) groups is 1. The van der Waals surface area contributed by atoms with Crippen LogP contribution in [0.2, 0.25) is 0 Å². The molecule has 114 valence electrons. The molecule has 0 N–H and O–H groups in total. The summed E-state index contributed by atoms with van der Waals surface area (Å²) in [5.41, 5.74) is 1.40. The van der Waals surface area contributed by atoms with Crippen LogP contribution in [0.1, 0.15) is 18.4 Å². The van der Waals surface area contributed by atoms with Gasteiger partial charge in [0.15, 0.2) is 0 Å². The number of nitro benzene ring substituents is 1. The molecule has 0 aliphatic rings. The lowest BCUT2D eigenvalue weighted by molar-refractivity contribution is -0.385. The Balaban J connectivity index is 2.40. The molecular formula is C16H14ClNO4. The molecule has 0 bridgehead atoms. The standard InChI is InChI=1S/C16H14ClNO4/c1-11(10-22-16(17)19)14-9-13(7-8-15(14)18(20)21)12-5-3-2-4-6-12/h2-9,11H,10H2,1H3. The molecule has 1 atom stereocenters. The van der Waals surface area contributed by atoms with Crippen LogP contribution in [0.4, 0.5) is 10.5 Å². The molecule has 0 radical (unpaired) electrons. The van der Waals surface area contributed by atoms with Gasteiger partial charge in [-0.05, 0) is 23.3 Å². The SMILES string of the molecule is CC(COC(=O)Cl)c1cc(-c2ccccc2)ccc1[N+](=O)[O-]. The maximum Gasteiger partial charge on any atom is 0.403 e. The Morgan fingerprint density at radius 2 is 1.91 bits per heavy atom. The van der Waals surface area contributed by atoms with E-state index < -0.39 is 10.4 Å². The van der Waals surface area contributed by atoms with Gasteiger partial charge in [0.25, 0.3) is 5.69 Å². The largest absolute Gasteiger partial charge is 0.453 e. The molecule has 0 saturated heterocycles. The van der Waals surface area contributed by atoms with E-state index >= 15 is 0 Å². The minimum atomic E-state index is -0.922. The smallest absolute Gasteiger partial charge is 0.403 e. The van der Waals surface area contributed by atoms with Gasteiger partial charge in [-0.2, -0.15) is 0 Å². The third kappa shape index (κ3) is 3.83. The lowest BCUT2D eigenvalue weighted by atomic mass is 9.95. The van der Waals surface area contributed by atoms with E-state index in [1.165, 1.54) is 6.07 Å². The predicted octanol–water partition coefficient (Wildman–Crippen LogP) is 4.74. The molecule has 0 aliphatic carbocycles. The van der Waals surface area contributed by atoms with Gasteiger partial charge >= 0.3 is 5.43 Å². The third-order valence-electron chi connectivity index (χ3n) is 3.31. The van der Waals surface area contributed by atoms with Gasteiger partial charge in [0, 0.05) is 29.1 Å². The van der Waals surface area contributed by atoms with Gasteiger partial charge < -0.3 is 4.74 Å². The van der Waals surface area contributed by atoms with Crippen molar-refractivity contribution in [2.75, 3.05) is 6.61 Å². The van der Waals surface area contributed by atoms with Crippen molar-refractivity contribution < 1.29 is 14.5 Å². The van der Waals surface area contributed by atoms with Gasteiger partial charge in [0.05, 0.1) is 11.5 Å². The monoisotopic (exact) mass is 319 g/mol. The molecule has 0 aromatic heterocycles. The summed E-state index contributed by atoms with van der Waals surface area (Å²) in [5, 5.41) is 11.2. The van der Waals surface area contributed by atoms with Crippen LogP contribution >= 0.6 is 11.6 Å². The van der Waals surface area contributed by atoms with E-state index in [2.05, 4.69) is 0 Å². The summed E-state index contributed by atoms with van der Waals surface area (Å²) >= 11 is 5.14. The number of carbonyl (C=O) groups excluding carboxylic acids is 1. The fourth-order valence-corrected chi connectivity index (χ4v) is 2.27. The lowest BCUT2D eigenvalue weighted by Crippen LogP contribution is -2.08. The Bertz CT molecular complexity index is 688. The highest BCUT2D eigenvalue weighted by molar-refractivity contribution is 6.61. The number of hydrogen-bond donors (Lipinski definition) is 0. The molecule has 0 saturated carbocycles. The Morgan fingerprint density at radius 3 is 2.50 bits per heavy atom. The van der Waals surface area contributed by atoms with Crippen molar-refractivity contribution >= 4 is 22.7 Å². The van der Waals surface area contributed by atoms with Crippen LogP contribution in [0.3, 0.4) is 0 Å². The van der Waals surface area contributed by atoms with Gasteiger partial charge in [0.1, 0.15) is 0 Å². The van der Waals surface area contributed by atoms with Crippen molar-refractivity contribution in [3.63, 3.8) is 0 Å². The first kappa shape index (κ1) is 16.0. The van der Waals surface area contributed by atoms with Crippen molar-refractivity contribution in [1.29, 1.82) is 0 Å². The molecule has 0 heterocycles. The van der Waals surface area contributed by atoms with E-state index in [-0.39, 0.29) is 18.2 Å².